The number of piperazine rings is 1. The van der Waals surface area contributed by atoms with Gasteiger partial charge < -0.3 is 15.4 Å². The van der Waals surface area contributed by atoms with E-state index in [1.165, 1.54) is 4.31 Å². The minimum absolute atomic E-state index is 0.0948. The third-order valence-electron chi connectivity index (χ3n) is 3.85. The molecule has 1 aromatic carbocycles. The molecule has 25 heavy (non-hydrogen) atoms. The number of rotatable bonds is 6. The number of halogens is 3. The highest BCUT2D eigenvalue weighted by atomic mass is 32.2. The summed E-state index contributed by atoms with van der Waals surface area (Å²) < 4.78 is 66.5. The number of primary amides is 1. The number of alkyl halides is 3. The van der Waals surface area contributed by atoms with E-state index in [0.717, 1.165) is 29.2 Å². The van der Waals surface area contributed by atoms with Crippen LogP contribution < -0.4 is 15.4 Å². The number of carbonyl (C=O) groups excluding carboxylic acids is 1. The van der Waals surface area contributed by atoms with Crippen molar-refractivity contribution in [3.8, 4) is 5.75 Å². The maximum atomic E-state index is 12.5. The SMILES string of the molecule is NC(=O)CC[NH+]1CCN(S(=O)(=O)c2ccc(OC(F)(F)F)cc2)CC1. The minimum Gasteiger partial charge on any atom is -0.406 e. The van der Waals surface area contributed by atoms with Gasteiger partial charge in [-0.1, -0.05) is 0 Å². The van der Waals surface area contributed by atoms with Crippen LogP contribution in [0.25, 0.3) is 0 Å². The zero-order valence-corrected chi connectivity index (χ0v) is 14.1. The molecule has 0 bridgehead atoms. The average molecular weight is 382 g/mol. The summed E-state index contributed by atoms with van der Waals surface area (Å²) in [6.45, 7) is 2.13. The number of nitrogens with zero attached hydrogens (tertiary/aromatic N) is 1. The molecule has 0 aliphatic carbocycles. The van der Waals surface area contributed by atoms with Crippen molar-refractivity contribution in [1.82, 2.24) is 4.31 Å². The maximum Gasteiger partial charge on any atom is 0.573 e. The van der Waals surface area contributed by atoms with Crippen molar-refractivity contribution in [2.24, 2.45) is 5.73 Å². The fraction of sp³-hybridized carbons (Fsp3) is 0.500. The first-order chi connectivity index (χ1) is 11.6. The Bertz CT molecular complexity index is 699. The van der Waals surface area contributed by atoms with Crippen LogP contribution in [-0.2, 0) is 14.8 Å². The summed E-state index contributed by atoms with van der Waals surface area (Å²) >= 11 is 0. The van der Waals surface area contributed by atoms with E-state index in [0.29, 0.717) is 19.6 Å². The lowest BCUT2D eigenvalue weighted by molar-refractivity contribution is -0.903. The standard InChI is InChI=1S/C14H18F3N3O4S/c15-14(16,17)24-11-1-3-12(4-2-11)25(22,23)20-9-7-19(8-10-20)6-5-13(18)21/h1-4H,5-10H2,(H2,18,21)/p+1. The quantitative estimate of drug-likeness (QED) is 0.684. The molecule has 0 saturated carbocycles. The molecule has 11 heteroatoms. The van der Waals surface area contributed by atoms with Gasteiger partial charge in [0.05, 0.1) is 44.0 Å². The van der Waals surface area contributed by atoms with E-state index in [1.807, 2.05) is 0 Å². The third kappa shape index (κ3) is 5.58. The maximum absolute atomic E-state index is 12.5. The van der Waals surface area contributed by atoms with Crippen LogP contribution in [0.2, 0.25) is 0 Å². The third-order valence-corrected chi connectivity index (χ3v) is 5.76. The predicted molar refractivity (Wildman–Crippen MR) is 81.3 cm³/mol. The zero-order valence-electron chi connectivity index (χ0n) is 13.3. The van der Waals surface area contributed by atoms with Gasteiger partial charge in [-0.15, -0.1) is 13.2 Å². The molecular weight excluding hydrogens is 363 g/mol. The van der Waals surface area contributed by atoms with Crippen LogP contribution in [0.5, 0.6) is 5.75 Å². The van der Waals surface area contributed by atoms with Gasteiger partial charge in [0.2, 0.25) is 15.9 Å². The Balaban J connectivity index is 1.99. The number of carbonyl (C=O) groups is 1. The number of benzene rings is 1. The van der Waals surface area contributed by atoms with Crippen LogP contribution in [-0.4, -0.2) is 57.7 Å². The highest BCUT2D eigenvalue weighted by Gasteiger charge is 2.32. The molecule has 1 heterocycles. The zero-order chi connectivity index (χ0) is 18.7. The second-order valence-corrected chi connectivity index (χ2v) is 7.58. The van der Waals surface area contributed by atoms with E-state index in [-0.39, 0.29) is 24.4 Å². The van der Waals surface area contributed by atoms with Crippen molar-refractivity contribution in [3.63, 3.8) is 0 Å². The molecule has 0 unspecified atom stereocenters. The molecular formula is C14H19F3N3O4S+. The van der Waals surface area contributed by atoms with Gasteiger partial charge in [0.15, 0.2) is 0 Å². The molecule has 2 rings (SSSR count). The van der Waals surface area contributed by atoms with Crippen molar-refractivity contribution in [2.75, 3.05) is 32.7 Å². The normalized spacial score (nSPS) is 17.4. The van der Waals surface area contributed by atoms with Gasteiger partial charge in [0.1, 0.15) is 5.75 Å². The average Bonchev–Trinajstić information content (AvgIpc) is 2.52. The molecule has 0 radical (unpaired) electrons. The largest absolute Gasteiger partial charge is 0.573 e. The van der Waals surface area contributed by atoms with Crippen LogP contribution in [0.3, 0.4) is 0 Å². The Hall–Kier alpha value is -1.85. The highest BCUT2D eigenvalue weighted by Crippen LogP contribution is 2.25. The van der Waals surface area contributed by atoms with Crippen molar-refractivity contribution in [2.45, 2.75) is 17.7 Å². The molecule has 0 spiro atoms. The molecule has 1 amide bonds. The Morgan fingerprint density at radius 1 is 1.20 bits per heavy atom. The molecule has 1 aromatic rings. The first-order valence-electron chi connectivity index (χ1n) is 7.56. The number of hydrogen-bond donors (Lipinski definition) is 2. The lowest BCUT2D eigenvalue weighted by Crippen LogP contribution is -3.15. The number of nitrogens with one attached hydrogen (secondary N) is 1. The van der Waals surface area contributed by atoms with Crippen LogP contribution in [0, 0.1) is 0 Å². The lowest BCUT2D eigenvalue weighted by Gasteiger charge is -2.31. The van der Waals surface area contributed by atoms with Gasteiger partial charge in [0, 0.05) is 0 Å². The van der Waals surface area contributed by atoms with E-state index < -0.39 is 28.0 Å². The van der Waals surface area contributed by atoms with E-state index >= 15 is 0 Å². The molecule has 0 atom stereocenters. The van der Waals surface area contributed by atoms with Crippen LogP contribution in [0.15, 0.2) is 29.2 Å². The topological polar surface area (TPSA) is 94.1 Å². The molecule has 1 saturated heterocycles. The summed E-state index contributed by atoms with van der Waals surface area (Å²) in [5.74, 6) is -0.879. The number of nitrogens with two attached hydrogens (primary N) is 1. The summed E-state index contributed by atoms with van der Waals surface area (Å²) in [5.41, 5.74) is 5.09. The van der Waals surface area contributed by atoms with Crippen molar-refractivity contribution in [1.29, 1.82) is 0 Å². The van der Waals surface area contributed by atoms with E-state index in [1.54, 1.807) is 0 Å². The molecule has 1 aliphatic rings. The Kier molecular flexibility index (Phi) is 5.91. The van der Waals surface area contributed by atoms with E-state index in [4.69, 9.17) is 5.73 Å². The van der Waals surface area contributed by atoms with Gasteiger partial charge in [0.25, 0.3) is 0 Å². The Morgan fingerprint density at radius 2 is 1.76 bits per heavy atom. The highest BCUT2D eigenvalue weighted by molar-refractivity contribution is 7.89. The fourth-order valence-electron chi connectivity index (χ4n) is 2.56. The fourth-order valence-corrected chi connectivity index (χ4v) is 4.00. The van der Waals surface area contributed by atoms with Crippen LogP contribution in [0.1, 0.15) is 6.42 Å². The summed E-state index contributed by atoms with van der Waals surface area (Å²) in [6, 6.07) is 4.11. The van der Waals surface area contributed by atoms with Gasteiger partial charge in [-0.05, 0) is 24.3 Å². The first-order valence-corrected chi connectivity index (χ1v) is 9.00. The second-order valence-electron chi connectivity index (χ2n) is 5.64. The summed E-state index contributed by atoms with van der Waals surface area (Å²) in [5, 5.41) is 0. The molecule has 7 nitrogen and oxygen atoms in total. The molecule has 1 aliphatic heterocycles. The van der Waals surface area contributed by atoms with Gasteiger partial charge in [-0.3, -0.25) is 4.79 Å². The number of sulfonamides is 1. The predicted octanol–water partition coefficient (Wildman–Crippen LogP) is -0.650. The second kappa shape index (κ2) is 7.58. The number of ether oxygens (including phenoxy) is 1. The monoisotopic (exact) mass is 382 g/mol. The molecule has 140 valence electrons. The summed E-state index contributed by atoms with van der Waals surface area (Å²) in [4.78, 5) is 11.8. The van der Waals surface area contributed by atoms with Crippen LogP contribution >= 0.6 is 0 Å². The van der Waals surface area contributed by atoms with Gasteiger partial charge >= 0.3 is 6.36 Å². The summed E-state index contributed by atoms with van der Waals surface area (Å²) in [7, 11) is -3.79. The molecule has 1 fully saturated rings. The van der Waals surface area contributed by atoms with Crippen molar-refractivity contribution in [3.05, 3.63) is 24.3 Å². The summed E-state index contributed by atoms with van der Waals surface area (Å²) in [6.07, 6.45) is -4.59. The number of amides is 1. The van der Waals surface area contributed by atoms with Gasteiger partial charge in [-0.25, -0.2) is 8.42 Å². The van der Waals surface area contributed by atoms with E-state index in [2.05, 4.69) is 4.74 Å². The van der Waals surface area contributed by atoms with Crippen LogP contribution in [0.4, 0.5) is 13.2 Å². The van der Waals surface area contributed by atoms with Crippen molar-refractivity contribution < 1.29 is 36.0 Å². The number of hydrogen-bond acceptors (Lipinski definition) is 4. The first kappa shape index (κ1) is 19.5. The van der Waals surface area contributed by atoms with Crippen molar-refractivity contribution >= 4 is 15.9 Å². The number of quaternary nitrogens is 1. The lowest BCUT2D eigenvalue weighted by atomic mass is 10.3. The minimum atomic E-state index is -4.83. The Labute approximate surface area is 143 Å². The molecule has 0 aromatic heterocycles. The van der Waals surface area contributed by atoms with E-state index in [9.17, 15) is 26.4 Å². The Morgan fingerprint density at radius 3 is 2.24 bits per heavy atom. The van der Waals surface area contributed by atoms with Gasteiger partial charge in [-0.2, -0.15) is 4.31 Å². The molecule has 3 N–H and O–H groups in total. The smallest absolute Gasteiger partial charge is 0.406 e.